The van der Waals surface area contributed by atoms with E-state index in [4.69, 9.17) is 21.1 Å². The Balaban J connectivity index is 1.92. The summed E-state index contributed by atoms with van der Waals surface area (Å²) in [5.74, 6) is 1.59. The maximum absolute atomic E-state index is 13.0. The van der Waals surface area contributed by atoms with Crippen LogP contribution in [-0.2, 0) is 0 Å². The van der Waals surface area contributed by atoms with Gasteiger partial charge in [0.25, 0.3) is 0 Å². The fraction of sp³-hybridized carbons (Fsp3) is 0.208. The van der Waals surface area contributed by atoms with Crippen molar-refractivity contribution in [3.8, 4) is 11.5 Å². The number of ether oxygens (including phenoxy) is 2. The Kier molecular flexibility index (Phi) is 7.24. The molecule has 3 aromatic rings. The molecule has 0 aromatic heterocycles. The highest BCUT2D eigenvalue weighted by molar-refractivity contribution is 7.99. The van der Waals surface area contributed by atoms with E-state index in [1.54, 1.807) is 26.0 Å². The topological polar surface area (TPSA) is 35.5 Å². The van der Waals surface area contributed by atoms with Gasteiger partial charge in [0, 0.05) is 22.3 Å². The zero-order chi connectivity index (χ0) is 20.8. The SMILES string of the molecule is COc1ccc(OC)c(S[C@@H](CC(=O)c2ccc(C)cc2)c2ccc(Cl)cc2)c1. The van der Waals surface area contributed by atoms with Gasteiger partial charge in [-0.3, -0.25) is 4.79 Å². The second kappa shape index (κ2) is 9.86. The summed E-state index contributed by atoms with van der Waals surface area (Å²) in [6, 6.07) is 21.0. The van der Waals surface area contributed by atoms with Crippen LogP contribution in [0.1, 0.15) is 33.2 Å². The van der Waals surface area contributed by atoms with E-state index in [0.29, 0.717) is 17.0 Å². The van der Waals surface area contributed by atoms with Gasteiger partial charge < -0.3 is 9.47 Å². The molecule has 0 bridgehead atoms. The third-order valence-electron chi connectivity index (χ3n) is 4.63. The van der Waals surface area contributed by atoms with E-state index in [0.717, 1.165) is 27.5 Å². The minimum Gasteiger partial charge on any atom is -0.497 e. The van der Waals surface area contributed by atoms with E-state index in [1.807, 2.05) is 73.7 Å². The predicted molar refractivity (Wildman–Crippen MR) is 120 cm³/mol. The summed E-state index contributed by atoms with van der Waals surface area (Å²) in [5.41, 5.74) is 2.88. The summed E-state index contributed by atoms with van der Waals surface area (Å²) in [4.78, 5) is 13.9. The quantitative estimate of drug-likeness (QED) is 0.294. The first kappa shape index (κ1) is 21.3. The van der Waals surface area contributed by atoms with Gasteiger partial charge in [-0.05, 0) is 42.8 Å². The van der Waals surface area contributed by atoms with Crippen molar-refractivity contribution in [2.45, 2.75) is 23.5 Å². The maximum atomic E-state index is 13.0. The molecule has 5 heteroatoms. The van der Waals surface area contributed by atoms with Crippen molar-refractivity contribution in [3.63, 3.8) is 0 Å². The summed E-state index contributed by atoms with van der Waals surface area (Å²) >= 11 is 7.66. The predicted octanol–water partition coefficient (Wildman–Crippen LogP) is 6.77. The number of benzene rings is 3. The van der Waals surface area contributed by atoms with Gasteiger partial charge in [-0.2, -0.15) is 0 Å². The number of Topliss-reactive ketones (excluding diaryl/α,β-unsaturated/α-hetero) is 1. The average Bonchev–Trinajstić information content (AvgIpc) is 2.74. The minimum absolute atomic E-state index is 0.0953. The molecule has 0 N–H and O–H groups in total. The number of hydrogen-bond donors (Lipinski definition) is 0. The summed E-state index contributed by atoms with van der Waals surface area (Å²) in [6.45, 7) is 2.01. The second-order valence-electron chi connectivity index (χ2n) is 6.67. The molecule has 0 saturated heterocycles. The molecule has 0 unspecified atom stereocenters. The van der Waals surface area contributed by atoms with Crippen molar-refractivity contribution < 1.29 is 14.3 Å². The number of thioether (sulfide) groups is 1. The molecule has 150 valence electrons. The number of rotatable bonds is 8. The Labute approximate surface area is 181 Å². The van der Waals surface area contributed by atoms with Gasteiger partial charge in [0.15, 0.2) is 5.78 Å². The summed E-state index contributed by atoms with van der Waals surface area (Å²) in [5, 5.41) is 0.573. The van der Waals surface area contributed by atoms with Gasteiger partial charge >= 0.3 is 0 Å². The molecule has 29 heavy (non-hydrogen) atoms. The van der Waals surface area contributed by atoms with Crippen LogP contribution >= 0.6 is 23.4 Å². The molecule has 3 rings (SSSR count). The van der Waals surface area contributed by atoms with E-state index in [1.165, 1.54) is 0 Å². The van der Waals surface area contributed by atoms with Crippen molar-refractivity contribution in [1.82, 2.24) is 0 Å². The largest absolute Gasteiger partial charge is 0.497 e. The first-order chi connectivity index (χ1) is 14.0. The molecule has 0 aliphatic rings. The van der Waals surface area contributed by atoms with Gasteiger partial charge in [0.05, 0.1) is 19.1 Å². The smallest absolute Gasteiger partial charge is 0.164 e. The number of halogens is 1. The van der Waals surface area contributed by atoms with Crippen LogP contribution in [-0.4, -0.2) is 20.0 Å². The number of aryl methyl sites for hydroxylation is 1. The van der Waals surface area contributed by atoms with E-state index in [2.05, 4.69) is 0 Å². The normalized spacial score (nSPS) is 11.7. The Morgan fingerprint density at radius 3 is 2.28 bits per heavy atom. The molecule has 0 saturated carbocycles. The molecule has 0 spiro atoms. The molecule has 0 amide bonds. The Morgan fingerprint density at radius 1 is 0.966 bits per heavy atom. The fourth-order valence-corrected chi connectivity index (χ4v) is 4.37. The van der Waals surface area contributed by atoms with Gasteiger partial charge in [0.1, 0.15) is 11.5 Å². The lowest BCUT2D eigenvalue weighted by molar-refractivity contribution is 0.0982. The number of hydrogen-bond acceptors (Lipinski definition) is 4. The Bertz CT molecular complexity index is 968. The lowest BCUT2D eigenvalue weighted by atomic mass is 10.0. The number of carbonyl (C=O) groups is 1. The van der Waals surface area contributed by atoms with Crippen LogP contribution in [0.5, 0.6) is 11.5 Å². The summed E-state index contributed by atoms with van der Waals surface area (Å²) < 4.78 is 10.9. The number of methoxy groups -OCH3 is 2. The molecule has 3 aromatic carbocycles. The van der Waals surface area contributed by atoms with Gasteiger partial charge in [-0.1, -0.05) is 53.6 Å². The van der Waals surface area contributed by atoms with Crippen LogP contribution in [0.15, 0.2) is 71.6 Å². The monoisotopic (exact) mass is 426 g/mol. The number of ketones is 1. The van der Waals surface area contributed by atoms with E-state index in [-0.39, 0.29) is 11.0 Å². The fourth-order valence-electron chi connectivity index (χ4n) is 2.96. The highest BCUT2D eigenvalue weighted by Gasteiger charge is 2.21. The standard InChI is InChI=1S/C24H23ClO3S/c1-16-4-6-17(7-5-16)21(26)15-23(18-8-10-19(25)11-9-18)29-24-14-20(27-2)12-13-22(24)28-3/h4-14,23H,15H2,1-3H3/t23-/m0/s1. The van der Waals surface area contributed by atoms with Crippen molar-refractivity contribution in [2.24, 2.45) is 0 Å². The van der Waals surface area contributed by atoms with Crippen LogP contribution in [0.25, 0.3) is 0 Å². The molecular weight excluding hydrogens is 404 g/mol. The zero-order valence-corrected chi connectivity index (χ0v) is 18.2. The van der Waals surface area contributed by atoms with Crippen LogP contribution in [0.2, 0.25) is 5.02 Å². The van der Waals surface area contributed by atoms with Crippen LogP contribution in [0, 0.1) is 6.92 Å². The van der Waals surface area contributed by atoms with Crippen LogP contribution < -0.4 is 9.47 Å². The Hall–Kier alpha value is -2.43. The van der Waals surface area contributed by atoms with Crippen molar-refractivity contribution >= 4 is 29.1 Å². The first-order valence-corrected chi connectivity index (χ1v) is 10.5. The maximum Gasteiger partial charge on any atom is 0.164 e. The molecule has 0 aliphatic carbocycles. The highest BCUT2D eigenvalue weighted by atomic mass is 35.5. The molecule has 0 aliphatic heterocycles. The number of carbonyl (C=O) groups excluding carboxylic acids is 1. The molecular formula is C24H23ClO3S. The zero-order valence-electron chi connectivity index (χ0n) is 16.6. The molecule has 3 nitrogen and oxygen atoms in total. The minimum atomic E-state index is -0.0953. The van der Waals surface area contributed by atoms with E-state index in [9.17, 15) is 4.79 Å². The molecule has 0 fully saturated rings. The second-order valence-corrected chi connectivity index (χ2v) is 8.35. The van der Waals surface area contributed by atoms with Crippen molar-refractivity contribution in [1.29, 1.82) is 0 Å². The Morgan fingerprint density at radius 2 is 1.66 bits per heavy atom. The molecule has 0 heterocycles. The summed E-state index contributed by atoms with van der Waals surface area (Å²) in [7, 11) is 3.27. The summed E-state index contributed by atoms with van der Waals surface area (Å²) in [6.07, 6.45) is 0.357. The van der Waals surface area contributed by atoms with Crippen LogP contribution in [0.3, 0.4) is 0 Å². The highest BCUT2D eigenvalue weighted by Crippen LogP contribution is 2.44. The van der Waals surface area contributed by atoms with Crippen LogP contribution in [0.4, 0.5) is 0 Å². The lowest BCUT2D eigenvalue weighted by Gasteiger charge is -2.19. The van der Waals surface area contributed by atoms with Crippen molar-refractivity contribution in [2.75, 3.05) is 14.2 Å². The van der Waals surface area contributed by atoms with Gasteiger partial charge in [-0.25, -0.2) is 0 Å². The third-order valence-corrected chi connectivity index (χ3v) is 6.17. The first-order valence-electron chi connectivity index (χ1n) is 9.24. The molecule has 1 atom stereocenters. The average molecular weight is 427 g/mol. The van der Waals surface area contributed by atoms with Crippen molar-refractivity contribution in [3.05, 3.63) is 88.4 Å². The van der Waals surface area contributed by atoms with E-state index < -0.39 is 0 Å². The third kappa shape index (κ3) is 5.55. The van der Waals surface area contributed by atoms with Gasteiger partial charge in [0.2, 0.25) is 0 Å². The van der Waals surface area contributed by atoms with E-state index >= 15 is 0 Å². The molecule has 0 radical (unpaired) electrons. The van der Waals surface area contributed by atoms with Gasteiger partial charge in [-0.15, -0.1) is 11.8 Å². The lowest BCUT2D eigenvalue weighted by Crippen LogP contribution is -2.06.